The lowest BCUT2D eigenvalue weighted by molar-refractivity contribution is 0.0314. The van der Waals surface area contributed by atoms with Crippen molar-refractivity contribution in [3.8, 4) is 0 Å². The van der Waals surface area contributed by atoms with Crippen molar-refractivity contribution in [3.05, 3.63) is 11.9 Å². The van der Waals surface area contributed by atoms with Gasteiger partial charge in [-0.2, -0.15) is 0 Å². The van der Waals surface area contributed by atoms with Crippen LogP contribution in [0.1, 0.15) is 45.6 Å². The van der Waals surface area contributed by atoms with Gasteiger partial charge in [-0.1, -0.05) is 13.3 Å². The Bertz CT molecular complexity index is 430. The summed E-state index contributed by atoms with van der Waals surface area (Å²) < 4.78 is 5.82. The van der Waals surface area contributed by atoms with Gasteiger partial charge in [0.15, 0.2) is 0 Å². The fraction of sp³-hybridized carbons (Fsp3) is 0.733. The molecule has 0 aromatic carbocycles. The van der Waals surface area contributed by atoms with Crippen LogP contribution in [-0.2, 0) is 11.2 Å². The van der Waals surface area contributed by atoms with Crippen molar-refractivity contribution in [1.82, 2.24) is 9.97 Å². The molecule has 1 saturated heterocycles. The normalized spacial score (nSPS) is 21.9. The molecule has 2 N–H and O–H groups in total. The highest BCUT2D eigenvalue weighted by atomic mass is 16.5. The number of anilines is 2. The van der Waals surface area contributed by atoms with E-state index in [1.165, 1.54) is 5.56 Å². The number of nitrogens with zero attached hydrogens (tertiary/aromatic N) is 2. The Labute approximate surface area is 121 Å². The van der Waals surface area contributed by atoms with Crippen molar-refractivity contribution < 1.29 is 4.74 Å². The monoisotopic (exact) mass is 278 g/mol. The lowest BCUT2D eigenvalue weighted by atomic mass is 10.0. The van der Waals surface area contributed by atoms with Crippen molar-refractivity contribution in [1.29, 1.82) is 0 Å². The third-order valence-electron chi connectivity index (χ3n) is 3.72. The van der Waals surface area contributed by atoms with E-state index < -0.39 is 0 Å². The summed E-state index contributed by atoms with van der Waals surface area (Å²) in [5.74, 6) is 1.89. The highest BCUT2D eigenvalue weighted by molar-refractivity contribution is 5.57. The first-order valence-electron chi connectivity index (χ1n) is 7.64. The van der Waals surface area contributed by atoms with Gasteiger partial charge in [0.25, 0.3) is 0 Å². The fourth-order valence-electron chi connectivity index (χ4n) is 2.62. The lowest BCUT2D eigenvalue weighted by Crippen LogP contribution is -2.33. The van der Waals surface area contributed by atoms with Crippen LogP contribution in [0, 0.1) is 0 Å². The van der Waals surface area contributed by atoms with Crippen LogP contribution in [0.2, 0.25) is 0 Å². The molecule has 0 aliphatic carbocycles. The molecule has 0 amide bonds. The van der Waals surface area contributed by atoms with E-state index in [0.29, 0.717) is 0 Å². The molecule has 20 heavy (non-hydrogen) atoms. The predicted molar refractivity (Wildman–Crippen MR) is 82.3 cm³/mol. The summed E-state index contributed by atoms with van der Waals surface area (Å²) >= 11 is 0. The molecule has 1 aliphatic rings. The van der Waals surface area contributed by atoms with E-state index >= 15 is 0 Å². The Morgan fingerprint density at radius 1 is 1.25 bits per heavy atom. The summed E-state index contributed by atoms with van der Waals surface area (Å²) in [6.07, 6.45) is 5.93. The molecule has 0 saturated carbocycles. The van der Waals surface area contributed by atoms with Crippen molar-refractivity contribution in [3.63, 3.8) is 0 Å². The molecular formula is C15H26N4O. The van der Waals surface area contributed by atoms with E-state index in [-0.39, 0.29) is 5.60 Å². The summed E-state index contributed by atoms with van der Waals surface area (Å²) in [5.41, 5.74) is 1.12. The molecule has 0 spiro atoms. The molecule has 1 aromatic heterocycles. The third-order valence-corrected chi connectivity index (χ3v) is 3.72. The van der Waals surface area contributed by atoms with Gasteiger partial charge in [0.2, 0.25) is 0 Å². The minimum atomic E-state index is -0.0627. The summed E-state index contributed by atoms with van der Waals surface area (Å²) in [6.45, 7) is 8.96. The minimum absolute atomic E-state index is 0.0627. The van der Waals surface area contributed by atoms with Crippen molar-refractivity contribution in [2.24, 2.45) is 0 Å². The van der Waals surface area contributed by atoms with E-state index in [4.69, 9.17) is 4.74 Å². The zero-order valence-electron chi connectivity index (χ0n) is 12.8. The fourth-order valence-corrected chi connectivity index (χ4v) is 2.62. The van der Waals surface area contributed by atoms with Crippen LogP contribution in [0.3, 0.4) is 0 Å². The summed E-state index contributed by atoms with van der Waals surface area (Å²) in [4.78, 5) is 8.77. The number of hydrogen-bond donors (Lipinski definition) is 2. The molecule has 5 nitrogen and oxygen atoms in total. The van der Waals surface area contributed by atoms with E-state index in [0.717, 1.165) is 57.0 Å². The average Bonchev–Trinajstić information content (AvgIpc) is 2.87. The van der Waals surface area contributed by atoms with E-state index in [1.807, 2.05) is 0 Å². The topological polar surface area (TPSA) is 59.1 Å². The Morgan fingerprint density at radius 3 is 2.60 bits per heavy atom. The van der Waals surface area contributed by atoms with E-state index in [2.05, 4.69) is 41.4 Å². The van der Waals surface area contributed by atoms with Gasteiger partial charge in [-0.25, -0.2) is 9.97 Å². The van der Waals surface area contributed by atoms with Crippen LogP contribution in [0.5, 0.6) is 0 Å². The Kier molecular flexibility index (Phi) is 5.17. The van der Waals surface area contributed by atoms with Crippen LogP contribution >= 0.6 is 0 Å². The molecule has 0 bridgehead atoms. The third kappa shape index (κ3) is 3.60. The van der Waals surface area contributed by atoms with Gasteiger partial charge in [0, 0.05) is 25.3 Å². The van der Waals surface area contributed by atoms with E-state index in [9.17, 15) is 0 Å². The second-order valence-corrected chi connectivity index (χ2v) is 5.59. The first-order valence-corrected chi connectivity index (χ1v) is 7.64. The van der Waals surface area contributed by atoms with Gasteiger partial charge in [-0.05, 0) is 33.1 Å². The van der Waals surface area contributed by atoms with Crippen LogP contribution in [0.15, 0.2) is 6.33 Å². The van der Waals surface area contributed by atoms with Gasteiger partial charge < -0.3 is 15.4 Å². The van der Waals surface area contributed by atoms with Gasteiger partial charge in [-0.3, -0.25) is 0 Å². The molecule has 2 rings (SSSR count). The maximum atomic E-state index is 5.82. The van der Waals surface area contributed by atoms with Crippen LogP contribution in [-0.4, -0.2) is 35.3 Å². The van der Waals surface area contributed by atoms with Crippen LogP contribution in [0.4, 0.5) is 11.6 Å². The molecule has 1 atom stereocenters. The number of aromatic nitrogens is 2. The van der Waals surface area contributed by atoms with Crippen LogP contribution in [0.25, 0.3) is 0 Å². The largest absolute Gasteiger partial charge is 0.373 e. The van der Waals surface area contributed by atoms with Gasteiger partial charge >= 0.3 is 0 Å². The number of ether oxygens (including phenoxy) is 1. The molecular weight excluding hydrogens is 252 g/mol. The van der Waals surface area contributed by atoms with Crippen molar-refractivity contribution >= 4 is 11.6 Å². The Morgan fingerprint density at radius 2 is 2.00 bits per heavy atom. The quantitative estimate of drug-likeness (QED) is 0.803. The molecule has 1 aromatic rings. The maximum Gasteiger partial charge on any atom is 0.134 e. The molecule has 2 heterocycles. The Balaban J connectivity index is 2.11. The smallest absolute Gasteiger partial charge is 0.134 e. The first-order chi connectivity index (χ1) is 9.68. The van der Waals surface area contributed by atoms with Crippen molar-refractivity contribution in [2.45, 2.75) is 52.1 Å². The Hall–Kier alpha value is -1.36. The second-order valence-electron chi connectivity index (χ2n) is 5.59. The lowest BCUT2D eigenvalue weighted by Gasteiger charge is -2.24. The first kappa shape index (κ1) is 15.0. The standard InChI is InChI=1S/C15H26N4O/c1-4-7-12-13(16-5-2)18-11-19-14(12)17-10-15(3)8-6-9-20-15/h11H,4-10H2,1-3H3,(H2,16,17,18,19). The summed E-state index contributed by atoms with van der Waals surface area (Å²) in [6, 6.07) is 0. The highest BCUT2D eigenvalue weighted by Crippen LogP contribution is 2.27. The van der Waals surface area contributed by atoms with Crippen molar-refractivity contribution in [2.75, 3.05) is 30.3 Å². The summed E-state index contributed by atoms with van der Waals surface area (Å²) in [7, 11) is 0. The minimum Gasteiger partial charge on any atom is -0.373 e. The average molecular weight is 278 g/mol. The molecule has 0 radical (unpaired) electrons. The molecule has 5 heteroatoms. The molecule has 1 unspecified atom stereocenters. The predicted octanol–water partition coefficient (Wildman–Crippen LogP) is 2.84. The second kappa shape index (κ2) is 6.88. The molecule has 1 fully saturated rings. The van der Waals surface area contributed by atoms with Gasteiger partial charge in [-0.15, -0.1) is 0 Å². The number of hydrogen-bond acceptors (Lipinski definition) is 5. The van der Waals surface area contributed by atoms with Gasteiger partial charge in [0.05, 0.1) is 5.60 Å². The number of rotatable bonds is 7. The SMILES string of the molecule is CCCc1c(NCC)ncnc1NCC1(C)CCCO1. The zero-order chi connectivity index (χ0) is 14.4. The van der Waals surface area contributed by atoms with Crippen LogP contribution < -0.4 is 10.6 Å². The van der Waals surface area contributed by atoms with E-state index in [1.54, 1.807) is 6.33 Å². The zero-order valence-corrected chi connectivity index (χ0v) is 12.8. The maximum absolute atomic E-state index is 5.82. The molecule has 1 aliphatic heterocycles. The number of nitrogens with one attached hydrogen (secondary N) is 2. The highest BCUT2D eigenvalue weighted by Gasteiger charge is 2.29. The summed E-state index contributed by atoms with van der Waals surface area (Å²) in [5, 5.41) is 6.78. The molecule has 112 valence electrons. The van der Waals surface area contributed by atoms with Gasteiger partial charge in [0.1, 0.15) is 18.0 Å².